The van der Waals surface area contributed by atoms with Crippen molar-refractivity contribution in [2.45, 2.75) is 50.1 Å². The van der Waals surface area contributed by atoms with Crippen molar-refractivity contribution in [2.24, 2.45) is 5.92 Å². The Morgan fingerprint density at radius 1 is 1.11 bits per heavy atom. The van der Waals surface area contributed by atoms with E-state index in [0.717, 1.165) is 31.2 Å². The zero-order valence-electron chi connectivity index (χ0n) is 15.7. The Labute approximate surface area is 171 Å². The lowest BCUT2D eigenvalue weighted by molar-refractivity contribution is 0.0697. The van der Waals surface area contributed by atoms with Gasteiger partial charge in [-0.15, -0.1) is 0 Å². The fourth-order valence-corrected chi connectivity index (χ4v) is 5.60. The summed E-state index contributed by atoms with van der Waals surface area (Å²) >= 11 is 5.92. The SMILES string of the molecule is C[C@@H](C1CCCC1)N(Cc1ccc(C(=O)O)cc1)S(=O)(=O)c1ccc(Cl)cc1. The van der Waals surface area contributed by atoms with Crippen LogP contribution in [0.4, 0.5) is 0 Å². The Morgan fingerprint density at radius 2 is 1.68 bits per heavy atom. The molecule has 150 valence electrons. The van der Waals surface area contributed by atoms with Gasteiger partial charge in [0.2, 0.25) is 10.0 Å². The van der Waals surface area contributed by atoms with E-state index in [-0.39, 0.29) is 23.0 Å². The van der Waals surface area contributed by atoms with Crippen LogP contribution in [0.25, 0.3) is 0 Å². The van der Waals surface area contributed by atoms with E-state index in [1.165, 1.54) is 24.3 Å². The summed E-state index contributed by atoms with van der Waals surface area (Å²) < 4.78 is 28.4. The molecule has 0 unspecified atom stereocenters. The zero-order valence-corrected chi connectivity index (χ0v) is 17.3. The highest BCUT2D eigenvalue weighted by Gasteiger charge is 2.34. The average Bonchev–Trinajstić information content (AvgIpc) is 3.21. The molecular formula is C21H24ClNO4S. The van der Waals surface area contributed by atoms with Crippen LogP contribution in [0.2, 0.25) is 5.02 Å². The molecule has 1 atom stereocenters. The Morgan fingerprint density at radius 3 is 2.21 bits per heavy atom. The van der Waals surface area contributed by atoms with E-state index >= 15 is 0 Å². The molecule has 2 aromatic rings. The van der Waals surface area contributed by atoms with E-state index in [2.05, 4.69) is 0 Å². The van der Waals surface area contributed by atoms with Gasteiger partial charge in [-0.25, -0.2) is 13.2 Å². The summed E-state index contributed by atoms with van der Waals surface area (Å²) in [5, 5.41) is 9.56. The lowest BCUT2D eigenvalue weighted by Crippen LogP contribution is -2.41. The average molecular weight is 422 g/mol. The molecule has 0 spiro atoms. The van der Waals surface area contributed by atoms with Gasteiger partial charge in [0.15, 0.2) is 0 Å². The summed E-state index contributed by atoms with van der Waals surface area (Å²) in [7, 11) is -3.72. The monoisotopic (exact) mass is 421 g/mol. The third kappa shape index (κ3) is 4.57. The number of carbonyl (C=O) groups is 1. The van der Waals surface area contributed by atoms with E-state index in [9.17, 15) is 13.2 Å². The van der Waals surface area contributed by atoms with E-state index < -0.39 is 16.0 Å². The quantitative estimate of drug-likeness (QED) is 0.696. The van der Waals surface area contributed by atoms with Crippen LogP contribution < -0.4 is 0 Å². The van der Waals surface area contributed by atoms with Crippen molar-refractivity contribution in [2.75, 3.05) is 0 Å². The maximum absolute atomic E-state index is 13.4. The van der Waals surface area contributed by atoms with Crippen LogP contribution in [0.15, 0.2) is 53.4 Å². The summed E-state index contributed by atoms with van der Waals surface area (Å²) in [6, 6.07) is 12.4. The van der Waals surface area contributed by atoms with E-state index in [0.29, 0.717) is 10.9 Å². The van der Waals surface area contributed by atoms with Gasteiger partial charge in [-0.3, -0.25) is 0 Å². The van der Waals surface area contributed by atoms with Gasteiger partial charge in [0.25, 0.3) is 0 Å². The molecular weight excluding hydrogens is 398 g/mol. The molecule has 1 saturated carbocycles. The molecule has 1 aliphatic carbocycles. The highest BCUT2D eigenvalue weighted by molar-refractivity contribution is 7.89. The van der Waals surface area contributed by atoms with Crippen molar-refractivity contribution in [3.8, 4) is 0 Å². The minimum atomic E-state index is -3.72. The fraction of sp³-hybridized carbons (Fsp3) is 0.381. The van der Waals surface area contributed by atoms with E-state index in [4.69, 9.17) is 16.7 Å². The van der Waals surface area contributed by atoms with Crippen LogP contribution in [0.5, 0.6) is 0 Å². The lowest BCUT2D eigenvalue weighted by atomic mass is 9.99. The van der Waals surface area contributed by atoms with Gasteiger partial charge >= 0.3 is 5.97 Å². The maximum Gasteiger partial charge on any atom is 0.335 e. The van der Waals surface area contributed by atoms with Crippen LogP contribution >= 0.6 is 11.6 Å². The molecule has 0 bridgehead atoms. The molecule has 1 fully saturated rings. The number of hydrogen-bond acceptors (Lipinski definition) is 3. The number of rotatable bonds is 7. The second-order valence-electron chi connectivity index (χ2n) is 7.29. The largest absolute Gasteiger partial charge is 0.478 e. The van der Waals surface area contributed by atoms with Gasteiger partial charge in [-0.1, -0.05) is 36.6 Å². The molecule has 28 heavy (non-hydrogen) atoms. The molecule has 0 radical (unpaired) electrons. The van der Waals surface area contributed by atoms with Gasteiger partial charge in [-0.2, -0.15) is 4.31 Å². The highest BCUT2D eigenvalue weighted by Crippen LogP contribution is 2.33. The van der Waals surface area contributed by atoms with E-state index in [1.54, 1.807) is 28.6 Å². The minimum Gasteiger partial charge on any atom is -0.478 e. The summed E-state index contributed by atoms with van der Waals surface area (Å²) in [6.45, 7) is 2.16. The van der Waals surface area contributed by atoms with Crippen molar-refractivity contribution >= 4 is 27.6 Å². The molecule has 0 aromatic heterocycles. The zero-order chi connectivity index (χ0) is 20.3. The summed E-state index contributed by atoms with van der Waals surface area (Å²) in [5.41, 5.74) is 0.937. The second-order valence-corrected chi connectivity index (χ2v) is 9.62. The normalized spacial score (nSPS) is 16.4. The summed E-state index contributed by atoms with van der Waals surface area (Å²) in [6.07, 6.45) is 4.28. The molecule has 7 heteroatoms. The smallest absolute Gasteiger partial charge is 0.335 e. The Kier molecular flexibility index (Phi) is 6.43. The third-order valence-electron chi connectivity index (χ3n) is 5.50. The van der Waals surface area contributed by atoms with Crippen molar-refractivity contribution in [1.82, 2.24) is 4.31 Å². The van der Waals surface area contributed by atoms with Gasteiger partial charge < -0.3 is 5.11 Å². The molecule has 0 amide bonds. The molecule has 0 heterocycles. The summed E-state index contributed by atoms with van der Waals surface area (Å²) in [5.74, 6) is -0.683. The first kappa shape index (κ1) is 20.8. The number of aromatic carboxylic acids is 1. The lowest BCUT2D eigenvalue weighted by Gasteiger charge is -2.32. The number of hydrogen-bond donors (Lipinski definition) is 1. The fourth-order valence-electron chi connectivity index (χ4n) is 3.80. The number of sulfonamides is 1. The topological polar surface area (TPSA) is 74.7 Å². The summed E-state index contributed by atoms with van der Waals surface area (Å²) in [4.78, 5) is 11.3. The molecule has 0 saturated heterocycles. The van der Waals surface area contributed by atoms with Crippen LogP contribution in [0.1, 0.15) is 48.5 Å². The van der Waals surface area contributed by atoms with Gasteiger partial charge in [0, 0.05) is 17.6 Å². The van der Waals surface area contributed by atoms with Gasteiger partial charge in [-0.05, 0) is 67.6 Å². The first-order valence-electron chi connectivity index (χ1n) is 9.38. The number of benzene rings is 2. The third-order valence-corrected chi connectivity index (χ3v) is 7.69. The van der Waals surface area contributed by atoms with Crippen molar-refractivity contribution in [3.63, 3.8) is 0 Å². The molecule has 3 rings (SSSR count). The number of halogens is 1. The van der Waals surface area contributed by atoms with Crippen LogP contribution in [0, 0.1) is 5.92 Å². The molecule has 1 N–H and O–H groups in total. The minimum absolute atomic E-state index is 0.151. The number of carboxylic acids is 1. The van der Waals surface area contributed by atoms with Crippen LogP contribution in [0.3, 0.4) is 0 Å². The van der Waals surface area contributed by atoms with Crippen LogP contribution in [-0.4, -0.2) is 29.8 Å². The Balaban J connectivity index is 1.94. The van der Waals surface area contributed by atoms with Crippen molar-refractivity contribution in [3.05, 3.63) is 64.7 Å². The predicted molar refractivity (Wildman–Crippen MR) is 109 cm³/mol. The molecule has 5 nitrogen and oxygen atoms in total. The first-order chi connectivity index (χ1) is 13.3. The van der Waals surface area contributed by atoms with E-state index in [1.807, 2.05) is 6.92 Å². The first-order valence-corrected chi connectivity index (χ1v) is 11.2. The van der Waals surface area contributed by atoms with Gasteiger partial charge in [0.05, 0.1) is 10.5 Å². The standard InChI is InChI=1S/C21H24ClNO4S/c1-15(17-4-2-3-5-17)23(14-16-6-8-18(9-7-16)21(24)25)28(26,27)20-12-10-19(22)11-13-20/h6-13,15,17H,2-5,14H2,1H3,(H,24,25)/t15-/m0/s1. The predicted octanol–water partition coefficient (Wildman–Crippen LogP) is 4.81. The molecule has 0 aliphatic heterocycles. The second kappa shape index (κ2) is 8.64. The molecule has 2 aromatic carbocycles. The van der Waals surface area contributed by atoms with Crippen molar-refractivity contribution < 1.29 is 18.3 Å². The van der Waals surface area contributed by atoms with Crippen LogP contribution in [-0.2, 0) is 16.6 Å². The van der Waals surface area contributed by atoms with Gasteiger partial charge in [0.1, 0.15) is 0 Å². The molecule has 1 aliphatic rings. The maximum atomic E-state index is 13.4. The number of nitrogens with zero attached hydrogens (tertiary/aromatic N) is 1. The Hall–Kier alpha value is -1.89. The number of carboxylic acid groups (broad SMARTS) is 1. The van der Waals surface area contributed by atoms with Crippen molar-refractivity contribution in [1.29, 1.82) is 0 Å². The Bertz CT molecular complexity index is 920. The highest BCUT2D eigenvalue weighted by atomic mass is 35.5.